The fourth-order valence-corrected chi connectivity index (χ4v) is 2.57. The van der Waals surface area contributed by atoms with E-state index in [1.54, 1.807) is 12.1 Å². The van der Waals surface area contributed by atoms with Crippen molar-refractivity contribution in [3.05, 3.63) is 35.0 Å². The lowest BCUT2D eigenvalue weighted by Gasteiger charge is -2.27. The van der Waals surface area contributed by atoms with Crippen molar-refractivity contribution in [1.82, 2.24) is 0 Å². The van der Waals surface area contributed by atoms with Gasteiger partial charge in [0.15, 0.2) is 11.3 Å². The Kier molecular flexibility index (Phi) is 3.97. The Morgan fingerprint density at radius 3 is 2.58 bits per heavy atom. The second-order valence-electron chi connectivity index (χ2n) is 4.79. The van der Waals surface area contributed by atoms with Crippen molar-refractivity contribution in [2.24, 2.45) is 11.1 Å². The van der Waals surface area contributed by atoms with Gasteiger partial charge in [0, 0.05) is 17.3 Å². The summed E-state index contributed by atoms with van der Waals surface area (Å²) in [5, 5.41) is 1.36. The summed E-state index contributed by atoms with van der Waals surface area (Å²) in [5.41, 5.74) is 5.82. The van der Waals surface area contributed by atoms with Gasteiger partial charge in [-0.2, -0.15) is 0 Å². The number of hydrogen-bond acceptors (Lipinski definition) is 3. The van der Waals surface area contributed by atoms with Crippen LogP contribution in [0.5, 0.6) is 0 Å². The Balaban J connectivity index is 2.50. The summed E-state index contributed by atoms with van der Waals surface area (Å²) in [5.74, 6) is 0.310. The topological polar surface area (TPSA) is 56.2 Å². The van der Waals surface area contributed by atoms with Crippen molar-refractivity contribution in [1.29, 1.82) is 0 Å². The first-order valence-electron chi connectivity index (χ1n) is 6.51. The highest BCUT2D eigenvalue weighted by atomic mass is 35.5. The van der Waals surface area contributed by atoms with Crippen LogP contribution in [0.25, 0.3) is 11.0 Å². The van der Waals surface area contributed by atoms with Crippen LogP contribution in [0.15, 0.2) is 28.7 Å². The van der Waals surface area contributed by atoms with Crippen molar-refractivity contribution in [3.8, 4) is 0 Å². The number of hydrogen-bond donors (Lipinski definition) is 1. The first kappa shape index (κ1) is 14.1. The van der Waals surface area contributed by atoms with Gasteiger partial charge in [-0.3, -0.25) is 4.79 Å². The molecule has 0 spiro atoms. The Morgan fingerprint density at radius 2 is 2.05 bits per heavy atom. The van der Waals surface area contributed by atoms with Gasteiger partial charge in [-0.25, -0.2) is 0 Å². The van der Waals surface area contributed by atoms with E-state index in [2.05, 4.69) is 0 Å². The van der Waals surface area contributed by atoms with Crippen LogP contribution in [-0.2, 0) is 0 Å². The zero-order valence-corrected chi connectivity index (χ0v) is 12.0. The van der Waals surface area contributed by atoms with Crippen LogP contribution < -0.4 is 5.73 Å². The molecule has 0 bridgehead atoms. The van der Waals surface area contributed by atoms with Crippen LogP contribution in [0.2, 0.25) is 5.02 Å². The number of carbonyl (C=O) groups is 1. The molecular formula is C15H18ClNO2. The van der Waals surface area contributed by atoms with Gasteiger partial charge in [0.2, 0.25) is 5.78 Å². The molecule has 0 aliphatic carbocycles. The van der Waals surface area contributed by atoms with Crippen molar-refractivity contribution in [2.45, 2.75) is 26.7 Å². The summed E-state index contributed by atoms with van der Waals surface area (Å²) in [7, 11) is 0. The summed E-state index contributed by atoms with van der Waals surface area (Å²) in [4.78, 5) is 12.6. The van der Waals surface area contributed by atoms with Gasteiger partial charge in [-0.1, -0.05) is 37.6 Å². The third-order valence-corrected chi connectivity index (χ3v) is 4.24. The van der Waals surface area contributed by atoms with E-state index in [1.165, 1.54) is 0 Å². The molecule has 0 aliphatic heterocycles. The molecule has 2 N–H and O–H groups in total. The summed E-state index contributed by atoms with van der Waals surface area (Å²) in [6, 6.07) is 7.21. The lowest BCUT2D eigenvalue weighted by Crippen LogP contribution is -2.37. The number of ketones is 1. The van der Waals surface area contributed by atoms with Crippen molar-refractivity contribution in [2.75, 3.05) is 6.54 Å². The molecule has 0 saturated heterocycles. The number of Topliss-reactive ketones (excluding diaryl/α,β-unsaturated/α-hetero) is 1. The number of fused-ring (bicyclic) bond motifs is 1. The number of benzene rings is 1. The maximum atomic E-state index is 12.6. The zero-order valence-electron chi connectivity index (χ0n) is 11.2. The fraction of sp³-hybridized carbons (Fsp3) is 0.400. The van der Waals surface area contributed by atoms with Gasteiger partial charge >= 0.3 is 0 Å². The van der Waals surface area contributed by atoms with E-state index in [-0.39, 0.29) is 5.78 Å². The molecule has 1 aromatic carbocycles. The highest BCUT2D eigenvalue weighted by molar-refractivity contribution is 6.34. The minimum atomic E-state index is -0.541. The summed E-state index contributed by atoms with van der Waals surface area (Å²) < 4.78 is 5.64. The molecule has 19 heavy (non-hydrogen) atoms. The zero-order chi connectivity index (χ0) is 14.0. The van der Waals surface area contributed by atoms with Crippen molar-refractivity contribution >= 4 is 28.4 Å². The molecule has 2 rings (SSSR count). The molecule has 0 saturated carbocycles. The van der Waals surface area contributed by atoms with Gasteiger partial charge < -0.3 is 10.2 Å². The number of carbonyl (C=O) groups excluding carboxylic acids is 1. The molecule has 0 unspecified atom stereocenters. The molecule has 0 fully saturated rings. The van der Waals surface area contributed by atoms with Crippen LogP contribution in [0.4, 0.5) is 0 Å². The number of rotatable bonds is 5. The second kappa shape index (κ2) is 5.35. The van der Waals surface area contributed by atoms with Gasteiger partial charge in [-0.05, 0) is 25.0 Å². The SMILES string of the molecule is CCC(CC)(CN)C(=O)c1cc2cccc(Cl)c2o1. The van der Waals surface area contributed by atoms with Crippen molar-refractivity contribution < 1.29 is 9.21 Å². The molecule has 0 atom stereocenters. The van der Waals surface area contributed by atoms with Crippen LogP contribution in [0, 0.1) is 5.41 Å². The molecule has 0 amide bonds. The quantitative estimate of drug-likeness (QED) is 0.841. The van der Waals surface area contributed by atoms with E-state index in [0.717, 1.165) is 5.39 Å². The third kappa shape index (κ3) is 2.28. The molecule has 4 heteroatoms. The lowest BCUT2D eigenvalue weighted by molar-refractivity contribution is 0.0759. The average molecular weight is 280 g/mol. The Labute approximate surface area is 117 Å². The van der Waals surface area contributed by atoms with Crippen LogP contribution >= 0.6 is 11.6 Å². The van der Waals surface area contributed by atoms with Gasteiger partial charge in [0.05, 0.1) is 5.02 Å². The van der Waals surface area contributed by atoms with Crippen LogP contribution in [-0.4, -0.2) is 12.3 Å². The minimum Gasteiger partial charge on any atom is -0.451 e. The minimum absolute atomic E-state index is 0.0349. The largest absolute Gasteiger partial charge is 0.451 e. The normalized spacial score (nSPS) is 12.0. The third-order valence-electron chi connectivity index (χ3n) is 3.95. The van der Waals surface area contributed by atoms with Gasteiger partial charge in [0.1, 0.15) is 0 Å². The first-order valence-corrected chi connectivity index (χ1v) is 6.88. The highest BCUT2D eigenvalue weighted by Gasteiger charge is 2.36. The predicted octanol–water partition coefficient (Wildman–Crippen LogP) is 4.03. The monoisotopic (exact) mass is 279 g/mol. The molecule has 2 aromatic rings. The molecule has 1 heterocycles. The van der Waals surface area contributed by atoms with E-state index in [4.69, 9.17) is 21.8 Å². The van der Waals surface area contributed by atoms with Crippen LogP contribution in [0.3, 0.4) is 0 Å². The fourth-order valence-electron chi connectivity index (χ4n) is 2.35. The molecule has 0 radical (unpaired) electrons. The standard InChI is InChI=1S/C15H18ClNO2/c1-3-15(4-2,9-17)14(18)12-8-10-6-5-7-11(16)13(10)19-12/h5-8H,3-4,9,17H2,1-2H3. The van der Waals surface area contributed by atoms with Crippen molar-refractivity contribution in [3.63, 3.8) is 0 Å². The predicted molar refractivity (Wildman–Crippen MR) is 77.6 cm³/mol. The number of nitrogens with two attached hydrogens (primary N) is 1. The summed E-state index contributed by atoms with van der Waals surface area (Å²) in [6.07, 6.45) is 1.40. The Morgan fingerprint density at radius 1 is 1.37 bits per heavy atom. The number of halogens is 1. The Bertz CT molecular complexity index is 591. The van der Waals surface area contributed by atoms with E-state index in [0.29, 0.717) is 35.8 Å². The molecule has 102 valence electrons. The second-order valence-corrected chi connectivity index (χ2v) is 5.20. The van der Waals surface area contributed by atoms with E-state index < -0.39 is 5.41 Å². The van der Waals surface area contributed by atoms with Crippen LogP contribution in [0.1, 0.15) is 37.2 Å². The van der Waals surface area contributed by atoms with E-state index in [1.807, 2.05) is 26.0 Å². The Hall–Kier alpha value is -1.32. The maximum Gasteiger partial charge on any atom is 0.205 e. The highest BCUT2D eigenvalue weighted by Crippen LogP contribution is 2.33. The molecule has 3 nitrogen and oxygen atoms in total. The maximum absolute atomic E-state index is 12.6. The van der Waals surface area contributed by atoms with E-state index in [9.17, 15) is 4.79 Å². The van der Waals surface area contributed by atoms with E-state index >= 15 is 0 Å². The first-order chi connectivity index (χ1) is 9.07. The smallest absolute Gasteiger partial charge is 0.205 e. The average Bonchev–Trinajstić information content (AvgIpc) is 2.86. The van der Waals surface area contributed by atoms with Gasteiger partial charge in [-0.15, -0.1) is 0 Å². The summed E-state index contributed by atoms with van der Waals surface area (Å²) in [6.45, 7) is 4.28. The van der Waals surface area contributed by atoms with Gasteiger partial charge in [0.25, 0.3) is 0 Å². The molecular weight excluding hydrogens is 262 g/mol. The molecule has 1 aromatic heterocycles. The number of furan rings is 1. The summed E-state index contributed by atoms with van der Waals surface area (Å²) >= 11 is 6.06. The lowest BCUT2D eigenvalue weighted by atomic mass is 9.77. The molecule has 0 aliphatic rings. The number of para-hydroxylation sites is 1.